The molecule has 0 saturated heterocycles. The van der Waals surface area contributed by atoms with Crippen LogP contribution in [-0.4, -0.2) is 10.2 Å². The molecule has 2 aromatic rings. The molecule has 4 heteroatoms. The van der Waals surface area contributed by atoms with Crippen molar-refractivity contribution in [3.63, 3.8) is 0 Å². The van der Waals surface area contributed by atoms with Gasteiger partial charge in [0.1, 0.15) is 10.0 Å². The van der Waals surface area contributed by atoms with Crippen molar-refractivity contribution in [1.29, 1.82) is 0 Å². The van der Waals surface area contributed by atoms with Gasteiger partial charge in [0, 0.05) is 10.0 Å². The van der Waals surface area contributed by atoms with Crippen LogP contribution < -0.4 is 0 Å². The highest BCUT2D eigenvalue weighted by molar-refractivity contribution is 9.10. The zero-order valence-electron chi connectivity index (χ0n) is 6.99. The second-order valence-electron chi connectivity index (χ2n) is 2.61. The quantitative estimate of drug-likeness (QED) is 0.781. The molecule has 0 unspecified atom stereocenters. The summed E-state index contributed by atoms with van der Waals surface area (Å²) in [6.45, 7) is 1.96. The largest absolute Gasteiger partial charge is 0.148 e. The molecule has 2 rings (SSSR count). The Kier molecular flexibility index (Phi) is 2.42. The summed E-state index contributed by atoms with van der Waals surface area (Å²) in [6.07, 6.45) is 0. The lowest BCUT2D eigenvalue weighted by atomic mass is 10.2. The van der Waals surface area contributed by atoms with Crippen LogP contribution in [0.25, 0.3) is 10.6 Å². The number of aromatic nitrogens is 2. The molecular weight excluding hydrogens is 248 g/mol. The van der Waals surface area contributed by atoms with Gasteiger partial charge in [-0.05, 0) is 13.0 Å². The molecule has 0 fully saturated rings. The van der Waals surface area contributed by atoms with Gasteiger partial charge < -0.3 is 0 Å². The Hall–Kier alpha value is -0.740. The smallest absolute Gasteiger partial charge is 0.143 e. The van der Waals surface area contributed by atoms with Gasteiger partial charge in [-0.3, -0.25) is 0 Å². The predicted octanol–water partition coefficient (Wildman–Crippen LogP) is 3.28. The Bertz CT molecular complexity index is 425. The topological polar surface area (TPSA) is 25.8 Å². The fraction of sp³-hybridized carbons (Fsp3) is 0.111. The number of halogens is 1. The molecule has 0 aliphatic carbocycles. The lowest BCUT2D eigenvalue weighted by Crippen LogP contribution is -1.77. The van der Waals surface area contributed by atoms with E-state index >= 15 is 0 Å². The van der Waals surface area contributed by atoms with Gasteiger partial charge in [-0.2, -0.15) is 0 Å². The van der Waals surface area contributed by atoms with E-state index in [0.717, 1.165) is 20.1 Å². The third-order valence-electron chi connectivity index (χ3n) is 1.63. The van der Waals surface area contributed by atoms with Gasteiger partial charge >= 0.3 is 0 Å². The first kappa shape index (κ1) is 8.84. The van der Waals surface area contributed by atoms with E-state index in [0.29, 0.717) is 0 Å². The van der Waals surface area contributed by atoms with Crippen molar-refractivity contribution in [1.82, 2.24) is 10.2 Å². The van der Waals surface area contributed by atoms with Crippen LogP contribution in [0.2, 0.25) is 0 Å². The maximum atomic E-state index is 4.09. The van der Waals surface area contributed by atoms with Gasteiger partial charge in [-0.1, -0.05) is 45.5 Å². The van der Waals surface area contributed by atoms with Crippen LogP contribution in [0.3, 0.4) is 0 Å². The summed E-state index contributed by atoms with van der Waals surface area (Å²) >= 11 is 5.08. The van der Waals surface area contributed by atoms with E-state index in [1.807, 2.05) is 31.2 Å². The van der Waals surface area contributed by atoms with Gasteiger partial charge in [0.2, 0.25) is 0 Å². The zero-order valence-corrected chi connectivity index (χ0v) is 9.39. The molecule has 0 aliphatic heterocycles. The number of nitrogens with zero attached hydrogens (tertiary/aromatic N) is 2. The Morgan fingerprint density at radius 1 is 1.23 bits per heavy atom. The first-order chi connectivity index (χ1) is 6.27. The number of hydrogen-bond donors (Lipinski definition) is 0. The summed E-state index contributed by atoms with van der Waals surface area (Å²) in [5, 5.41) is 10.0. The lowest BCUT2D eigenvalue weighted by Gasteiger charge is -1.96. The highest BCUT2D eigenvalue weighted by atomic mass is 79.9. The molecule has 13 heavy (non-hydrogen) atoms. The minimum atomic E-state index is 0.963. The molecule has 0 aliphatic rings. The van der Waals surface area contributed by atoms with Crippen LogP contribution >= 0.6 is 27.3 Å². The van der Waals surface area contributed by atoms with E-state index in [-0.39, 0.29) is 0 Å². The maximum Gasteiger partial charge on any atom is 0.148 e. The first-order valence-electron chi connectivity index (χ1n) is 3.82. The summed E-state index contributed by atoms with van der Waals surface area (Å²) in [4.78, 5) is 0. The Morgan fingerprint density at radius 3 is 2.62 bits per heavy atom. The van der Waals surface area contributed by atoms with E-state index in [4.69, 9.17) is 0 Å². The summed E-state index contributed by atoms with van der Waals surface area (Å²) in [5.74, 6) is 0. The second kappa shape index (κ2) is 3.55. The van der Waals surface area contributed by atoms with Crippen molar-refractivity contribution in [2.45, 2.75) is 6.92 Å². The van der Waals surface area contributed by atoms with Gasteiger partial charge in [0.05, 0.1) is 0 Å². The molecule has 2 nitrogen and oxygen atoms in total. The fourth-order valence-electron chi connectivity index (χ4n) is 1.04. The predicted molar refractivity (Wildman–Crippen MR) is 57.8 cm³/mol. The molecular formula is C9H7BrN2S. The number of benzene rings is 1. The Balaban J connectivity index is 2.52. The fourth-order valence-corrected chi connectivity index (χ4v) is 2.37. The minimum Gasteiger partial charge on any atom is -0.143 e. The SMILES string of the molecule is Cc1nnc(-c2ccccc2Br)s1. The van der Waals surface area contributed by atoms with E-state index in [1.54, 1.807) is 11.3 Å². The monoisotopic (exact) mass is 254 g/mol. The Labute approximate surface area is 88.8 Å². The van der Waals surface area contributed by atoms with Gasteiger partial charge in [0.15, 0.2) is 0 Å². The van der Waals surface area contributed by atoms with Crippen molar-refractivity contribution in [3.05, 3.63) is 33.7 Å². The number of rotatable bonds is 1. The van der Waals surface area contributed by atoms with E-state index < -0.39 is 0 Å². The molecule has 0 N–H and O–H groups in total. The molecule has 1 aromatic carbocycles. The van der Waals surface area contributed by atoms with Crippen molar-refractivity contribution in [2.24, 2.45) is 0 Å². The van der Waals surface area contributed by atoms with E-state index in [9.17, 15) is 0 Å². The molecule has 0 atom stereocenters. The molecule has 0 radical (unpaired) electrons. The minimum absolute atomic E-state index is 0.963. The van der Waals surface area contributed by atoms with E-state index in [2.05, 4.69) is 26.1 Å². The summed E-state index contributed by atoms with van der Waals surface area (Å²) in [5.41, 5.74) is 1.10. The third-order valence-corrected chi connectivity index (χ3v) is 3.19. The summed E-state index contributed by atoms with van der Waals surface area (Å²) < 4.78 is 1.06. The number of aryl methyl sites for hydroxylation is 1. The van der Waals surface area contributed by atoms with Crippen LogP contribution in [0.5, 0.6) is 0 Å². The van der Waals surface area contributed by atoms with Crippen molar-refractivity contribution < 1.29 is 0 Å². The Morgan fingerprint density at radius 2 is 2.00 bits per heavy atom. The van der Waals surface area contributed by atoms with E-state index in [1.165, 1.54) is 0 Å². The van der Waals surface area contributed by atoms with Gasteiger partial charge in [-0.15, -0.1) is 10.2 Å². The zero-order chi connectivity index (χ0) is 9.26. The van der Waals surface area contributed by atoms with Crippen LogP contribution in [0.15, 0.2) is 28.7 Å². The van der Waals surface area contributed by atoms with Crippen LogP contribution in [0.1, 0.15) is 5.01 Å². The average molecular weight is 255 g/mol. The third kappa shape index (κ3) is 1.78. The molecule has 0 saturated carbocycles. The number of hydrogen-bond acceptors (Lipinski definition) is 3. The molecule has 66 valence electrons. The molecule has 0 bridgehead atoms. The standard InChI is InChI=1S/C9H7BrN2S/c1-6-11-12-9(13-6)7-4-2-3-5-8(7)10/h2-5H,1H3. The lowest BCUT2D eigenvalue weighted by molar-refractivity contribution is 1.05. The average Bonchev–Trinajstić information content (AvgIpc) is 2.53. The van der Waals surface area contributed by atoms with Gasteiger partial charge in [0.25, 0.3) is 0 Å². The van der Waals surface area contributed by atoms with Crippen LogP contribution in [-0.2, 0) is 0 Å². The highest BCUT2D eigenvalue weighted by Crippen LogP contribution is 2.29. The normalized spacial score (nSPS) is 10.3. The second-order valence-corrected chi connectivity index (χ2v) is 4.64. The molecule has 0 amide bonds. The highest BCUT2D eigenvalue weighted by Gasteiger charge is 2.06. The first-order valence-corrected chi connectivity index (χ1v) is 5.43. The molecule has 1 heterocycles. The van der Waals surface area contributed by atoms with Gasteiger partial charge in [-0.25, -0.2) is 0 Å². The van der Waals surface area contributed by atoms with Crippen LogP contribution in [0.4, 0.5) is 0 Å². The van der Waals surface area contributed by atoms with Crippen molar-refractivity contribution in [2.75, 3.05) is 0 Å². The van der Waals surface area contributed by atoms with Crippen molar-refractivity contribution in [3.8, 4) is 10.6 Å². The maximum absolute atomic E-state index is 4.09. The van der Waals surface area contributed by atoms with Crippen molar-refractivity contribution >= 4 is 27.3 Å². The molecule has 1 aromatic heterocycles. The summed E-state index contributed by atoms with van der Waals surface area (Å²) in [6, 6.07) is 8.02. The molecule has 0 spiro atoms. The van der Waals surface area contributed by atoms with Crippen LogP contribution in [0, 0.1) is 6.92 Å². The summed E-state index contributed by atoms with van der Waals surface area (Å²) in [7, 11) is 0.